The van der Waals surface area contributed by atoms with Gasteiger partial charge in [-0.25, -0.2) is 4.79 Å². The summed E-state index contributed by atoms with van der Waals surface area (Å²) in [5.41, 5.74) is 1.90. The van der Waals surface area contributed by atoms with Crippen LogP contribution < -0.4 is 9.47 Å². The fraction of sp³-hybridized carbons (Fsp3) is 0.250. The van der Waals surface area contributed by atoms with Crippen molar-refractivity contribution in [3.05, 3.63) is 47.8 Å². The lowest BCUT2D eigenvalue weighted by molar-refractivity contribution is 0.156. The first-order valence-electron chi connectivity index (χ1n) is 8.29. The molecule has 3 rings (SSSR count). The number of rotatable bonds is 5. The van der Waals surface area contributed by atoms with Gasteiger partial charge >= 0.3 is 6.09 Å². The maximum atomic E-state index is 12.5. The third-order valence-corrected chi connectivity index (χ3v) is 5.14. The molecule has 0 aliphatic heterocycles. The number of thiophene rings is 1. The number of carbonyl (C=O) groups is 1. The maximum Gasteiger partial charge on any atom is 0.415 e. The number of amides is 1. The predicted molar refractivity (Wildman–Crippen MR) is 103 cm³/mol. The Balaban J connectivity index is 2.10. The summed E-state index contributed by atoms with van der Waals surface area (Å²) in [4.78, 5) is 14.1. The molecule has 0 fully saturated rings. The molecule has 0 saturated heterocycles. The van der Waals surface area contributed by atoms with Crippen LogP contribution in [0.2, 0.25) is 0 Å². The minimum Gasteiger partial charge on any atom is -0.493 e. The number of benzene rings is 2. The summed E-state index contributed by atoms with van der Waals surface area (Å²) >= 11 is 1.67. The topological polar surface area (TPSA) is 38.8 Å². The Labute approximate surface area is 151 Å². The number of para-hydroxylation sites is 1. The lowest BCUT2D eigenvalue weighted by Crippen LogP contribution is -2.33. The van der Waals surface area contributed by atoms with Crippen molar-refractivity contribution in [2.45, 2.75) is 13.8 Å². The Hall–Kier alpha value is -2.53. The Morgan fingerprint density at radius 3 is 2.52 bits per heavy atom. The average molecular weight is 355 g/mol. The van der Waals surface area contributed by atoms with Crippen molar-refractivity contribution in [3.8, 4) is 22.6 Å². The van der Waals surface area contributed by atoms with Crippen molar-refractivity contribution in [1.82, 2.24) is 4.90 Å². The van der Waals surface area contributed by atoms with Crippen molar-refractivity contribution >= 4 is 27.5 Å². The monoisotopic (exact) mass is 355 g/mol. The van der Waals surface area contributed by atoms with Crippen molar-refractivity contribution in [2.24, 2.45) is 0 Å². The van der Waals surface area contributed by atoms with Crippen LogP contribution in [0, 0.1) is 0 Å². The molecule has 1 amide bonds. The normalized spacial score (nSPS) is 10.7. The molecule has 130 valence electrons. The van der Waals surface area contributed by atoms with Gasteiger partial charge in [0.15, 0.2) is 11.5 Å². The van der Waals surface area contributed by atoms with Gasteiger partial charge in [0, 0.05) is 34.3 Å². The van der Waals surface area contributed by atoms with Gasteiger partial charge in [-0.05, 0) is 31.4 Å². The highest BCUT2D eigenvalue weighted by molar-refractivity contribution is 7.17. The summed E-state index contributed by atoms with van der Waals surface area (Å²) in [6.07, 6.45) is -0.365. The summed E-state index contributed by atoms with van der Waals surface area (Å²) in [6, 6.07) is 13.9. The first-order chi connectivity index (χ1) is 12.2. The van der Waals surface area contributed by atoms with E-state index in [-0.39, 0.29) is 6.09 Å². The largest absolute Gasteiger partial charge is 0.493 e. The molecule has 1 heterocycles. The molecular weight excluding hydrogens is 334 g/mol. The highest BCUT2D eigenvalue weighted by atomic mass is 32.1. The van der Waals surface area contributed by atoms with E-state index < -0.39 is 0 Å². The van der Waals surface area contributed by atoms with Crippen molar-refractivity contribution in [2.75, 3.05) is 20.2 Å². The Morgan fingerprint density at radius 2 is 1.80 bits per heavy atom. The Bertz CT molecular complexity index is 884. The van der Waals surface area contributed by atoms with Gasteiger partial charge in [-0.1, -0.05) is 30.3 Å². The molecule has 0 aliphatic rings. The Morgan fingerprint density at radius 1 is 1.04 bits per heavy atom. The number of methoxy groups -OCH3 is 1. The summed E-state index contributed by atoms with van der Waals surface area (Å²) in [5, 5.41) is 3.23. The first-order valence-corrected chi connectivity index (χ1v) is 9.17. The van der Waals surface area contributed by atoms with Crippen LogP contribution in [0.25, 0.3) is 21.2 Å². The van der Waals surface area contributed by atoms with Gasteiger partial charge in [0.1, 0.15) is 0 Å². The van der Waals surface area contributed by atoms with Gasteiger partial charge in [0.05, 0.1) is 7.11 Å². The zero-order valence-corrected chi connectivity index (χ0v) is 15.4. The second kappa shape index (κ2) is 7.57. The second-order valence-electron chi connectivity index (χ2n) is 5.52. The van der Waals surface area contributed by atoms with Gasteiger partial charge in [-0.15, -0.1) is 11.3 Å². The van der Waals surface area contributed by atoms with Gasteiger partial charge in [-0.2, -0.15) is 0 Å². The molecule has 0 bridgehead atoms. The second-order valence-corrected chi connectivity index (χ2v) is 6.43. The molecular formula is C20H21NO3S. The van der Waals surface area contributed by atoms with Crippen LogP contribution in [0.3, 0.4) is 0 Å². The molecule has 0 unspecified atom stereocenters. The fourth-order valence-corrected chi connectivity index (χ4v) is 3.77. The van der Waals surface area contributed by atoms with E-state index in [9.17, 15) is 4.79 Å². The van der Waals surface area contributed by atoms with E-state index in [0.717, 1.165) is 16.5 Å². The maximum absolute atomic E-state index is 12.5. The predicted octanol–water partition coefficient (Wildman–Crippen LogP) is 5.42. The number of nitrogens with zero attached hydrogens (tertiary/aromatic N) is 1. The lowest BCUT2D eigenvalue weighted by Gasteiger charge is -2.20. The van der Waals surface area contributed by atoms with Crippen LogP contribution in [0.4, 0.5) is 4.79 Å². The number of fused-ring (bicyclic) bond motifs is 1. The van der Waals surface area contributed by atoms with Crippen LogP contribution in [0.5, 0.6) is 11.5 Å². The van der Waals surface area contributed by atoms with Crippen LogP contribution in [-0.4, -0.2) is 31.2 Å². The Kier molecular flexibility index (Phi) is 5.24. The summed E-state index contributed by atoms with van der Waals surface area (Å²) in [5.74, 6) is 1.01. The van der Waals surface area contributed by atoms with Gasteiger partial charge in [0.2, 0.25) is 0 Å². The molecule has 0 aliphatic carbocycles. The molecule has 5 heteroatoms. The molecule has 25 heavy (non-hydrogen) atoms. The fourth-order valence-electron chi connectivity index (χ4n) is 2.81. The van der Waals surface area contributed by atoms with Gasteiger partial charge in [-0.3, -0.25) is 0 Å². The smallest absolute Gasteiger partial charge is 0.415 e. The van der Waals surface area contributed by atoms with Crippen LogP contribution in [-0.2, 0) is 0 Å². The minimum absolute atomic E-state index is 0.365. The first kappa shape index (κ1) is 17.3. The molecule has 0 spiro atoms. The van der Waals surface area contributed by atoms with E-state index >= 15 is 0 Å². The molecule has 0 saturated carbocycles. The van der Waals surface area contributed by atoms with E-state index in [1.165, 1.54) is 4.70 Å². The van der Waals surface area contributed by atoms with Gasteiger partial charge < -0.3 is 14.4 Å². The summed E-state index contributed by atoms with van der Waals surface area (Å²) in [6.45, 7) is 5.06. The SMILES string of the molecule is CCN(CC)C(=O)Oc1c(OC)cccc1-c1csc2ccccc12. The number of ether oxygens (including phenoxy) is 2. The third kappa shape index (κ3) is 3.33. The van der Waals surface area contributed by atoms with E-state index in [1.807, 2.05) is 44.2 Å². The number of carbonyl (C=O) groups excluding carboxylic acids is 1. The van der Waals surface area contributed by atoms with E-state index in [4.69, 9.17) is 9.47 Å². The van der Waals surface area contributed by atoms with Crippen molar-refractivity contribution in [1.29, 1.82) is 0 Å². The average Bonchev–Trinajstić information content (AvgIpc) is 3.07. The summed E-state index contributed by atoms with van der Waals surface area (Å²) < 4.78 is 12.4. The van der Waals surface area contributed by atoms with Crippen molar-refractivity contribution < 1.29 is 14.3 Å². The third-order valence-electron chi connectivity index (χ3n) is 4.18. The molecule has 3 aromatic rings. The quantitative estimate of drug-likeness (QED) is 0.613. The van der Waals surface area contributed by atoms with Gasteiger partial charge in [0.25, 0.3) is 0 Å². The molecule has 4 nitrogen and oxygen atoms in total. The number of hydrogen-bond acceptors (Lipinski definition) is 4. The highest BCUT2D eigenvalue weighted by Crippen LogP contribution is 2.43. The van der Waals surface area contributed by atoms with Crippen LogP contribution in [0.1, 0.15) is 13.8 Å². The lowest BCUT2D eigenvalue weighted by atomic mass is 10.0. The zero-order valence-electron chi connectivity index (χ0n) is 14.6. The van der Waals surface area contributed by atoms with E-state index in [0.29, 0.717) is 24.6 Å². The van der Waals surface area contributed by atoms with Crippen LogP contribution >= 0.6 is 11.3 Å². The van der Waals surface area contributed by atoms with E-state index in [2.05, 4.69) is 17.5 Å². The number of hydrogen-bond donors (Lipinski definition) is 0. The molecule has 0 N–H and O–H groups in total. The highest BCUT2D eigenvalue weighted by Gasteiger charge is 2.20. The summed E-state index contributed by atoms with van der Waals surface area (Å²) in [7, 11) is 1.58. The molecule has 2 aromatic carbocycles. The van der Waals surface area contributed by atoms with Crippen molar-refractivity contribution in [3.63, 3.8) is 0 Å². The molecule has 0 radical (unpaired) electrons. The standard InChI is InChI=1S/C20H21NO3S/c1-4-21(5-2)20(22)24-19-15(10-8-11-17(19)23-3)16-13-25-18-12-7-6-9-14(16)18/h6-13H,4-5H2,1-3H3. The zero-order chi connectivity index (χ0) is 17.8. The minimum atomic E-state index is -0.365. The van der Waals surface area contributed by atoms with Crippen LogP contribution in [0.15, 0.2) is 47.8 Å². The molecule has 1 aromatic heterocycles. The van der Waals surface area contributed by atoms with E-state index in [1.54, 1.807) is 23.3 Å². The molecule has 0 atom stereocenters.